The molecule has 3 heteroatoms. The summed E-state index contributed by atoms with van der Waals surface area (Å²) in [6.45, 7) is 6.60. The van der Waals surface area contributed by atoms with Crippen LogP contribution < -0.4 is 4.57 Å². The van der Waals surface area contributed by atoms with Crippen LogP contribution in [0.4, 0.5) is 0 Å². The summed E-state index contributed by atoms with van der Waals surface area (Å²) >= 11 is 0. The van der Waals surface area contributed by atoms with Gasteiger partial charge in [-0.3, -0.25) is 4.57 Å². The van der Waals surface area contributed by atoms with Crippen LogP contribution in [0.3, 0.4) is 0 Å². The number of fused-ring (bicyclic) bond motifs is 4. The fourth-order valence-corrected chi connectivity index (χ4v) is 5.26. The molecule has 0 N–H and O–H groups in total. The first kappa shape index (κ1) is 19.7. The maximum atomic E-state index is 4.80. The molecule has 0 aliphatic rings. The zero-order valence-electron chi connectivity index (χ0n) is 19.4. The van der Waals surface area contributed by atoms with E-state index in [4.69, 9.17) is 4.98 Å². The molecule has 0 aliphatic carbocycles. The number of para-hydroxylation sites is 1. The number of hydrogen-bond acceptors (Lipinski definition) is 1. The quantitative estimate of drug-likeness (QED) is 0.280. The lowest BCUT2D eigenvalue weighted by atomic mass is 9.94. The molecule has 160 valence electrons. The van der Waals surface area contributed by atoms with Gasteiger partial charge in [-0.25, -0.2) is 4.98 Å². The van der Waals surface area contributed by atoms with E-state index in [1.807, 2.05) is 12.3 Å². The maximum Gasteiger partial charge on any atom is 0.220 e. The summed E-state index contributed by atoms with van der Waals surface area (Å²) < 4.78 is 4.59. The minimum absolute atomic E-state index is 0.985. The number of pyridine rings is 2. The standard InChI is InChI=1S/C30H26N3/c1-19-16-20(2)21(3)26(17-19)29-24-12-6-5-10-22(24)28(18-32(29)4)33-27-14-8-7-11-23(27)25-13-9-15-31-30(25)33/h5-18H,1-4H3/q+1. The van der Waals surface area contributed by atoms with Crippen LogP contribution >= 0.6 is 0 Å². The highest BCUT2D eigenvalue weighted by Crippen LogP contribution is 2.36. The lowest BCUT2D eigenvalue weighted by molar-refractivity contribution is -0.658. The summed E-state index contributed by atoms with van der Waals surface area (Å²) in [6, 6.07) is 26.1. The first-order chi connectivity index (χ1) is 16.0. The normalized spacial score (nSPS) is 11.6. The van der Waals surface area contributed by atoms with Gasteiger partial charge in [0.1, 0.15) is 18.4 Å². The Kier molecular flexibility index (Phi) is 4.34. The number of nitrogens with zero attached hydrogens (tertiary/aromatic N) is 3. The van der Waals surface area contributed by atoms with Crippen molar-refractivity contribution in [3.8, 4) is 16.9 Å². The highest BCUT2D eigenvalue weighted by molar-refractivity contribution is 6.09. The van der Waals surface area contributed by atoms with Gasteiger partial charge in [0, 0.05) is 22.4 Å². The Morgan fingerprint density at radius 3 is 2.27 bits per heavy atom. The summed E-state index contributed by atoms with van der Waals surface area (Å²) in [7, 11) is 2.16. The predicted molar refractivity (Wildman–Crippen MR) is 137 cm³/mol. The number of benzene rings is 3. The van der Waals surface area contributed by atoms with Gasteiger partial charge in [-0.1, -0.05) is 48.0 Å². The van der Waals surface area contributed by atoms with Gasteiger partial charge in [0.05, 0.1) is 16.5 Å². The number of hydrogen-bond donors (Lipinski definition) is 0. The Balaban J connectivity index is 1.77. The molecule has 3 heterocycles. The molecule has 6 aromatic rings. The van der Waals surface area contributed by atoms with Gasteiger partial charge in [0.15, 0.2) is 6.20 Å². The van der Waals surface area contributed by atoms with E-state index in [-0.39, 0.29) is 0 Å². The van der Waals surface area contributed by atoms with Crippen LogP contribution in [0.5, 0.6) is 0 Å². The Bertz CT molecular complexity index is 1650. The first-order valence-corrected chi connectivity index (χ1v) is 11.4. The van der Waals surface area contributed by atoms with Crippen molar-refractivity contribution in [2.75, 3.05) is 0 Å². The van der Waals surface area contributed by atoms with Gasteiger partial charge in [-0.2, -0.15) is 4.57 Å². The molecule has 0 amide bonds. The average Bonchev–Trinajstić information content (AvgIpc) is 3.16. The molecule has 0 fully saturated rings. The van der Waals surface area contributed by atoms with Crippen molar-refractivity contribution < 1.29 is 4.57 Å². The van der Waals surface area contributed by atoms with Crippen molar-refractivity contribution in [2.24, 2.45) is 7.05 Å². The highest BCUT2D eigenvalue weighted by Gasteiger charge is 2.23. The van der Waals surface area contributed by atoms with Crippen LogP contribution in [-0.2, 0) is 7.05 Å². The van der Waals surface area contributed by atoms with E-state index in [1.54, 1.807) is 0 Å². The summed E-state index contributed by atoms with van der Waals surface area (Å²) in [5.74, 6) is 0. The van der Waals surface area contributed by atoms with Gasteiger partial charge in [0.25, 0.3) is 0 Å². The van der Waals surface area contributed by atoms with E-state index in [9.17, 15) is 0 Å². The van der Waals surface area contributed by atoms with Crippen molar-refractivity contribution in [1.82, 2.24) is 9.55 Å². The highest BCUT2D eigenvalue weighted by atomic mass is 15.1. The van der Waals surface area contributed by atoms with E-state index in [0.29, 0.717) is 0 Å². The molecular formula is C30H26N3+. The fourth-order valence-electron chi connectivity index (χ4n) is 5.26. The van der Waals surface area contributed by atoms with Crippen molar-refractivity contribution in [1.29, 1.82) is 0 Å². The second kappa shape index (κ2) is 7.28. The molecule has 6 rings (SSSR count). The molecule has 33 heavy (non-hydrogen) atoms. The van der Waals surface area contributed by atoms with Crippen molar-refractivity contribution in [3.05, 3.63) is 102 Å². The molecule has 0 radical (unpaired) electrons. The largest absolute Gasteiger partial charge is 0.288 e. The van der Waals surface area contributed by atoms with E-state index in [0.717, 1.165) is 11.3 Å². The summed E-state index contributed by atoms with van der Waals surface area (Å²) in [4.78, 5) is 4.80. The van der Waals surface area contributed by atoms with E-state index in [1.165, 1.54) is 55.0 Å². The number of aromatic nitrogens is 3. The van der Waals surface area contributed by atoms with Crippen molar-refractivity contribution in [3.63, 3.8) is 0 Å². The summed E-state index contributed by atoms with van der Waals surface area (Å²) in [6.07, 6.45) is 4.14. The molecule has 3 aromatic carbocycles. The Hall–Kier alpha value is -3.98. The zero-order valence-corrected chi connectivity index (χ0v) is 19.4. The molecule has 0 unspecified atom stereocenters. The Morgan fingerprint density at radius 1 is 0.758 bits per heavy atom. The number of aryl methyl sites for hydroxylation is 3. The summed E-state index contributed by atoms with van der Waals surface area (Å²) in [5, 5.41) is 4.86. The molecule has 0 aliphatic heterocycles. The molecule has 0 bridgehead atoms. The van der Waals surface area contributed by atoms with Crippen LogP contribution in [0.25, 0.3) is 49.7 Å². The van der Waals surface area contributed by atoms with Gasteiger partial charge in [-0.15, -0.1) is 0 Å². The van der Waals surface area contributed by atoms with E-state index >= 15 is 0 Å². The third-order valence-electron chi connectivity index (χ3n) is 6.87. The number of rotatable bonds is 2. The van der Waals surface area contributed by atoms with Crippen LogP contribution in [0.1, 0.15) is 16.7 Å². The molecule has 0 saturated heterocycles. The van der Waals surface area contributed by atoms with E-state index in [2.05, 4.69) is 110 Å². The van der Waals surface area contributed by atoms with Crippen LogP contribution in [0.2, 0.25) is 0 Å². The van der Waals surface area contributed by atoms with Gasteiger partial charge >= 0.3 is 0 Å². The Morgan fingerprint density at radius 2 is 1.45 bits per heavy atom. The van der Waals surface area contributed by atoms with Gasteiger partial charge in [-0.05, 0) is 62.2 Å². The second-order valence-corrected chi connectivity index (χ2v) is 9.00. The van der Waals surface area contributed by atoms with Gasteiger partial charge < -0.3 is 0 Å². The van der Waals surface area contributed by atoms with Gasteiger partial charge in [0.2, 0.25) is 5.69 Å². The zero-order chi connectivity index (χ0) is 22.7. The van der Waals surface area contributed by atoms with Crippen LogP contribution in [0, 0.1) is 20.8 Å². The van der Waals surface area contributed by atoms with Crippen molar-refractivity contribution >= 4 is 32.7 Å². The molecule has 0 atom stereocenters. The van der Waals surface area contributed by atoms with Crippen LogP contribution in [0.15, 0.2) is 85.2 Å². The Labute approximate surface area is 193 Å². The summed E-state index contributed by atoms with van der Waals surface area (Å²) in [5.41, 5.74) is 9.77. The van der Waals surface area contributed by atoms with E-state index < -0.39 is 0 Å². The average molecular weight is 429 g/mol. The third kappa shape index (κ3) is 2.89. The topological polar surface area (TPSA) is 21.7 Å². The fraction of sp³-hybridized carbons (Fsp3) is 0.133. The lowest BCUT2D eigenvalue weighted by Gasteiger charge is -2.15. The first-order valence-electron chi connectivity index (χ1n) is 11.4. The minimum atomic E-state index is 0.985. The third-order valence-corrected chi connectivity index (χ3v) is 6.87. The molecule has 0 spiro atoms. The molecule has 3 nitrogen and oxygen atoms in total. The smallest absolute Gasteiger partial charge is 0.220 e. The predicted octanol–water partition coefficient (Wildman–Crippen LogP) is 6.75. The maximum absolute atomic E-state index is 4.80. The second-order valence-electron chi connectivity index (χ2n) is 9.00. The lowest BCUT2D eigenvalue weighted by Crippen LogP contribution is -2.32. The minimum Gasteiger partial charge on any atom is -0.288 e. The van der Waals surface area contributed by atoms with Crippen LogP contribution in [-0.4, -0.2) is 9.55 Å². The SMILES string of the molecule is Cc1cc(C)c(C)c(-c2c3ccccc3c(-n3c4ccccc4c4cccnc43)c[n+]2C)c1. The molecular weight excluding hydrogens is 402 g/mol. The molecule has 3 aromatic heterocycles. The molecule has 0 saturated carbocycles. The monoisotopic (exact) mass is 428 g/mol. The van der Waals surface area contributed by atoms with Crippen molar-refractivity contribution in [2.45, 2.75) is 20.8 Å².